The molecule has 2 aromatic rings. The monoisotopic (exact) mass is 376 g/mol. The fourth-order valence-electron chi connectivity index (χ4n) is 2.37. The number of amides is 2. The van der Waals surface area contributed by atoms with Gasteiger partial charge in [0.15, 0.2) is 11.5 Å². The van der Waals surface area contributed by atoms with E-state index in [4.69, 9.17) is 9.47 Å². The first kappa shape index (κ1) is 18.2. The SMILES string of the molecule is O=C(NC(CO)C(=O)NCc1ccc2c(c1)OCO2)c1c[nH]c(=O)[nH]c1=O. The molecule has 0 bridgehead atoms. The largest absolute Gasteiger partial charge is 0.454 e. The fourth-order valence-corrected chi connectivity index (χ4v) is 2.37. The number of hydrogen-bond acceptors (Lipinski definition) is 7. The van der Waals surface area contributed by atoms with Crippen LogP contribution in [0.15, 0.2) is 34.0 Å². The lowest BCUT2D eigenvalue weighted by Gasteiger charge is -2.16. The van der Waals surface area contributed by atoms with E-state index < -0.39 is 41.3 Å². The minimum absolute atomic E-state index is 0.126. The molecule has 27 heavy (non-hydrogen) atoms. The summed E-state index contributed by atoms with van der Waals surface area (Å²) < 4.78 is 10.4. The third-order valence-electron chi connectivity index (χ3n) is 3.77. The van der Waals surface area contributed by atoms with Gasteiger partial charge in [0, 0.05) is 12.7 Å². The lowest BCUT2D eigenvalue weighted by molar-refractivity contribution is -0.124. The first-order valence-corrected chi connectivity index (χ1v) is 7.88. The highest BCUT2D eigenvalue weighted by Gasteiger charge is 2.22. The van der Waals surface area contributed by atoms with Crippen molar-refractivity contribution >= 4 is 11.8 Å². The van der Waals surface area contributed by atoms with Gasteiger partial charge in [-0.2, -0.15) is 0 Å². The van der Waals surface area contributed by atoms with Crippen molar-refractivity contribution in [3.63, 3.8) is 0 Å². The molecule has 0 aliphatic carbocycles. The number of H-pyrrole nitrogens is 2. The number of carbonyl (C=O) groups is 2. The average Bonchev–Trinajstić information content (AvgIpc) is 3.11. The number of nitrogens with one attached hydrogen (secondary N) is 4. The van der Waals surface area contributed by atoms with Crippen LogP contribution >= 0.6 is 0 Å². The molecule has 1 unspecified atom stereocenters. The third-order valence-corrected chi connectivity index (χ3v) is 3.77. The second kappa shape index (κ2) is 7.74. The summed E-state index contributed by atoms with van der Waals surface area (Å²) in [6.07, 6.45) is 0.926. The van der Waals surface area contributed by atoms with Crippen LogP contribution in [-0.4, -0.2) is 46.3 Å². The molecule has 1 aromatic heterocycles. The summed E-state index contributed by atoms with van der Waals surface area (Å²) in [5, 5.41) is 14.2. The summed E-state index contributed by atoms with van der Waals surface area (Å²) in [7, 11) is 0. The number of rotatable bonds is 6. The quantitative estimate of drug-likeness (QED) is 0.397. The number of aromatic nitrogens is 2. The Bertz CT molecular complexity index is 981. The zero-order valence-electron chi connectivity index (χ0n) is 13.9. The molecule has 1 aliphatic rings. The first-order chi connectivity index (χ1) is 13.0. The Morgan fingerprint density at radius 2 is 2.00 bits per heavy atom. The van der Waals surface area contributed by atoms with Gasteiger partial charge in [-0.05, 0) is 17.7 Å². The molecule has 0 spiro atoms. The van der Waals surface area contributed by atoms with E-state index in [0.717, 1.165) is 11.8 Å². The predicted molar refractivity (Wildman–Crippen MR) is 90.4 cm³/mol. The van der Waals surface area contributed by atoms with Gasteiger partial charge in [-0.1, -0.05) is 6.07 Å². The van der Waals surface area contributed by atoms with Gasteiger partial charge < -0.3 is 30.2 Å². The number of aliphatic hydroxyl groups is 1. The molecular formula is C16H16N4O7. The summed E-state index contributed by atoms with van der Waals surface area (Å²) in [6, 6.07) is 3.87. The van der Waals surface area contributed by atoms with Crippen LogP contribution in [0.25, 0.3) is 0 Å². The van der Waals surface area contributed by atoms with Gasteiger partial charge in [-0.3, -0.25) is 19.4 Å². The zero-order valence-corrected chi connectivity index (χ0v) is 13.9. The highest BCUT2D eigenvalue weighted by Crippen LogP contribution is 2.32. The van der Waals surface area contributed by atoms with Gasteiger partial charge in [0.1, 0.15) is 11.6 Å². The van der Waals surface area contributed by atoms with E-state index in [0.29, 0.717) is 11.5 Å². The van der Waals surface area contributed by atoms with Gasteiger partial charge in [0.05, 0.1) is 6.61 Å². The Balaban J connectivity index is 1.61. The number of aliphatic hydroxyl groups excluding tert-OH is 1. The summed E-state index contributed by atoms with van der Waals surface area (Å²) in [6.45, 7) is -0.422. The highest BCUT2D eigenvalue weighted by molar-refractivity contribution is 5.97. The first-order valence-electron chi connectivity index (χ1n) is 7.88. The second-order valence-corrected chi connectivity index (χ2v) is 5.60. The summed E-state index contributed by atoms with van der Waals surface area (Å²) in [4.78, 5) is 50.9. The van der Waals surface area contributed by atoms with E-state index in [2.05, 4.69) is 15.6 Å². The van der Waals surface area contributed by atoms with Gasteiger partial charge in [0.2, 0.25) is 12.7 Å². The molecule has 0 radical (unpaired) electrons. The van der Waals surface area contributed by atoms with E-state index in [1.807, 2.05) is 4.98 Å². The van der Waals surface area contributed by atoms with Crippen molar-refractivity contribution in [3.8, 4) is 11.5 Å². The lowest BCUT2D eigenvalue weighted by atomic mass is 10.2. The smallest absolute Gasteiger partial charge is 0.325 e. The van der Waals surface area contributed by atoms with Crippen molar-refractivity contribution < 1.29 is 24.2 Å². The molecule has 2 amide bonds. The molecular weight excluding hydrogens is 360 g/mol. The Morgan fingerprint density at radius 1 is 1.22 bits per heavy atom. The molecule has 1 atom stereocenters. The van der Waals surface area contributed by atoms with Crippen molar-refractivity contribution in [2.45, 2.75) is 12.6 Å². The minimum atomic E-state index is -1.28. The summed E-state index contributed by atoms with van der Waals surface area (Å²) in [5.74, 6) is -0.392. The number of fused-ring (bicyclic) bond motifs is 1. The maximum absolute atomic E-state index is 12.2. The standard InChI is InChI=1S/C16H16N4O7/c21-6-10(19-13(22)9-5-18-16(25)20-14(9)23)15(24)17-4-8-1-2-11-12(3-8)27-7-26-11/h1-3,5,10,21H,4,6-7H2,(H,17,24)(H,19,22)(H2,18,20,23,25). The molecule has 11 heteroatoms. The topological polar surface area (TPSA) is 163 Å². The lowest BCUT2D eigenvalue weighted by Crippen LogP contribution is -2.49. The highest BCUT2D eigenvalue weighted by atomic mass is 16.7. The van der Waals surface area contributed by atoms with E-state index >= 15 is 0 Å². The molecule has 1 aliphatic heterocycles. The molecule has 0 fully saturated rings. The Labute approximate surface area is 151 Å². The summed E-state index contributed by atoms with van der Waals surface area (Å²) in [5.41, 5.74) is -1.34. The molecule has 11 nitrogen and oxygen atoms in total. The van der Waals surface area contributed by atoms with Crippen LogP contribution in [0.5, 0.6) is 11.5 Å². The molecule has 1 aromatic carbocycles. The zero-order chi connectivity index (χ0) is 19.4. The third kappa shape index (κ3) is 4.15. The van der Waals surface area contributed by atoms with Crippen LogP contribution < -0.4 is 31.4 Å². The number of aromatic amines is 2. The second-order valence-electron chi connectivity index (χ2n) is 5.60. The van der Waals surface area contributed by atoms with Gasteiger partial charge in [-0.25, -0.2) is 4.79 Å². The molecule has 0 saturated heterocycles. The normalized spacial score (nSPS) is 13.1. The van der Waals surface area contributed by atoms with Crippen LogP contribution in [0.4, 0.5) is 0 Å². The summed E-state index contributed by atoms with van der Waals surface area (Å²) >= 11 is 0. The Kier molecular flexibility index (Phi) is 5.22. The number of carbonyl (C=O) groups excluding carboxylic acids is 2. The van der Waals surface area contributed by atoms with Crippen LogP contribution in [0.1, 0.15) is 15.9 Å². The van der Waals surface area contributed by atoms with E-state index in [1.54, 1.807) is 18.2 Å². The molecule has 2 heterocycles. The maximum atomic E-state index is 12.2. The fraction of sp³-hybridized carbons (Fsp3) is 0.250. The molecule has 3 rings (SSSR count). The van der Waals surface area contributed by atoms with Gasteiger partial charge in [0.25, 0.3) is 11.5 Å². The molecule has 142 valence electrons. The Hall–Kier alpha value is -3.60. The van der Waals surface area contributed by atoms with Crippen molar-refractivity contribution in [2.24, 2.45) is 0 Å². The molecule has 5 N–H and O–H groups in total. The van der Waals surface area contributed by atoms with Crippen LogP contribution in [0, 0.1) is 0 Å². The number of hydrogen-bond donors (Lipinski definition) is 5. The Morgan fingerprint density at radius 3 is 2.74 bits per heavy atom. The molecule has 0 saturated carbocycles. The van der Waals surface area contributed by atoms with Crippen molar-refractivity contribution in [2.75, 3.05) is 13.4 Å². The van der Waals surface area contributed by atoms with E-state index in [-0.39, 0.29) is 13.3 Å². The maximum Gasteiger partial charge on any atom is 0.325 e. The van der Waals surface area contributed by atoms with Crippen LogP contribution in [0.2, 0.25) is 0 Å². The number of benzene rings is 1. The van der Waals surface area contributed by atoms with Crippen LogP contribution in [0.3, 0.4) is 0 Å². The van der Waals surface area contributed by atoms with Crippen molar-refractivity contribution in [1.82, 2.24) is 20.6 Å². The van der Waals surface area contributed by atoms with Crippen molar-refractivity contribution in [3.05, 3.63) is 56.4 Å². The van der Waals surface area contributed by atoms with Crippen LogP contribution in [-0.2, 0) is 11.3 Å². The van der Waals surface area contributed by atoms with Gasteiger partial charge in [-0.15, -0.1) is 0 Å². The minimum Gasteiger partial charge on any atom is -0.454 e. The predicted octanol–water partition coefficient (Wildman–Crippen LogP) is -1.80. The number of ether oxygens (including phenoxy) is 2. The average molecular weight is 376 g/mol. The van der Waals surface area contributed by atoms with E-state index in [9.17, 15) is 24.3 Å². The van der Waals surface area contributed by atoms with E-state index in [1.165, 1.54) is 0 Å². The van der Waals surface area contributed by atoms with Gasteiger partial charge >= 0.3 is 5.69 Å². The van der Waals surface area contributed by atoms with Crippen molar-refractivity contribution in [1.29, 1.82) is 0 Å².